The van der Waals surface area contributed by atoms with Crippen molar-refractivity contribution in [3.63, 3.8) is 0 Å². The number of carbonyl (C=O) groups is 1. The lowest BCUT2D eigenvalue weighted by Crippen LogP contribution is -2.52. The van der Waals surface area contributed by atoms with Crippen LogP contribution in [0.3, 0.4) is 0 Å². The van der Waals surface area contributed by atoms with Gasteiger partial charge in [-0.25, -0.2) is 18.5 Å². The second-order valence-corrected chi connectivity index (χ2v) is 11.0. The summed E-state index contributed by atoms with van der Waals surface area (Å²) in [7, 11) is -17.0. The van der Waals surface area contributed by atoms with E-state index >= 15 is 0 Å². The van der Waals surface area contributed by atoms with Crippen molar-refractivity contribution in [3.8, 4) is 0 Å². The number of aromatic nitrogens is 2. The minimum atomic E-state index is -5.80. The first kappa shape index (κ1) is 27.9. The zero-order valence-electron chi connectivity index (χ0n) is 16.4. The molecular weight excluding hydrogens is 521 g/mol. The number of carbonyl (C=O) groups excluding carboxylic acids is 1. The zero-order chi connectivity index (χ0) is 25.4. The van der Waals surface area contributed by atoms with Crippen molar-refractivity contribution in [1.29, 1.82) is 0 Å². The topological polar surface area (TPSA) is 281 Å². The molecule has 1 aromatic rings. The average Bonchev–Trinajstić information content (AvgIpc) is 2.93. The first-order valence-electron chi connectivity index (χ1n) is 8.56. The van der Waals surface area contributed by atoms with Crippen molar-refractivity contribution >= 4 is 29.3 Å². The highest BCUT2D eigenvalue weighted by Crippen LogP contribution is 2.66. The third-order valence-electron chi connectivity index (χ3n) is 4.06. The molecule has 0 spiro atoms. The molecule has 2 rings (SSSR count). The van der Waals surface area contributed by atoms with Crippen molar-refractivity contribution < 1.29 is 66.2 Å². The molecular formula is C12H19N2O16P3. The van der Waals surface area contributed by atoms with Gasteiger partial charge in [-0.2, -0.15) is 8.62 Å². The Kier molecular flexibility index (Phi) is 8.21. The summed E-state index contributed by atoms with van der Waals surface area (Å²) in [4.78, 5) is 73.7. The molecule has 0 aliphatic carbocycles. The SMILES string of the molecule is CC(O)C(=O)[C@]1(n2ccc(=O)[nH]c2=O)C[C@H](O)[C@@H](COP(=O)(O)OP(=O)(O)OP(=O)(O)O)O1. The maximum Gasteiger partial charge on any atom is 0.490 e. The van der Waals surface area contributed by atoms with Crippen LogP contribution in [0.15, 0.2) is 21.9 Å². The van der Waals surface area contributed by atoms with Crippen LogP contribution >= 0.6 is 23.5 Å². The number of ether oxygens (including phenoxy) is 1. The maximum atomic E-state index is 12.6. The van der Waals surface area contributed by atoms with Crippen molar-refractivity contribution in [1.82, 2.24) is 9.55 Å². The fourth-order valence-electron chi connectivity index (χ4n) is 2.87. The van der Waals surface area contributed by atoms with Gasteiger partial charge in [-0.15, -0.1) is 0 Å². The number of aliphatic hydroxyl groups is 2. The predicted octanol–water partition coefficient (Wildman–Crippen LogP) is -2.37. The molecule has 1 saturated heterocycles. The largest absolute Gasteiger partial charge is 0.490 e. The number of hydrogen-bond acceptors (Lipinski definition) is 12. The Labute approximate surface area is 182 Å². The summed E-state index contributed by atoms with van der Waals surface area (Å²) in [6.07, 6.45) is -4.98. The number of nitrogens with zero attached hydrogens (tertiary/aromatic N) is 1. The van der Waals surface area contributed by atoms with E-state index in [4.69, 9.17) is 19.4 Å². The molecule has 7 N–H and O–H groups in total. The van der Waals surface area contributed by atoms with Gasteiger partial charge < -0.3 is 34.5 Å². The summed E-state index contributed by atoms with van der Waals surface area (Å²) >= 11 is 0. The number of phosphoric ester groups is 1. The molecule has 188 valence electrons. The van der Waals surface area contributed by atoms with Crippen molar-refractivity contribution in [3.05, 3.63) is 33.1 Å². The van der Waals surface area contributed by atoms with E-state index < -0.39 is 77.6 Å². The lowest BCUT2D eigenvalue weighted by molar-refractivity contribution is -0.169. The van der Waals surface area contributed by atoms with Crippen LogP contribution in [0.1, 0.15) is 13.3 Å². The van der Waals surface area contributed by atoms with Crippen LogP contribution in [0.2, 0.25) is 0 Å². The van der Waals surface area contributed by atoms with E-state index in [9.17, 15) is 43.2 Å². The van der Waals surface area contributed by atoms with E-state index in [0.717, 1.165) is 19.2 Å². The van der Waals surface area contributed by atoms with Crippen LogP contribution in [0.25, 0.3) is 0 Å². The summed E-state index contributed by atoms with van der Waals surface area (Å²) in [5.74, 6) is -1.14. The van der Waals surface area contributed by atoms with E-state index in [1.165, 1.54) is 0 Å². The molecule has 1 fully saturated rings. The molecule has 0 radical (unpaired) electrons. The van der Waals surface area contributed by atoms with Crippen molar-refractivity contribution in [2.45, 2.75) is 37.4 Å². The van der Waals surface area contributed by atoms with Gasteiger partial charge in [0.1, 0.15) is 12.2 Å². The Balaban J connectivity index is 2.26. The molecule has 1 aromatic heterocycles. The quantitative estimate of drug-likeness (QED) is 0.153. The van der Waals surface area contributed by atoms with Gasteiger partial charge in [0.2, 0.25) is 11.5 Å². The monoisotopic (exact) mass is 540 g/mol. The van der Waals surface area contributed by atoms with Gasteiger partial charge in [0.15, 0.2) is 0 Å². The van der Waals surface area contributed by atoms with Crippen LogP contribution in [-0.2, 0) is 42.1 Å². The lowest BCUT2D eigenvalue weighted by Gasteiger charge is -2.30. The minimum absolute atomic E-state index is 0.567. The van der Waals surface area contributed by atoms with E-state index in [-0.39, 0.29) is 0 Å². The third kappa shape index (κ3) is 7.07. The molecule has 6 atom stereocenters. The number of Topliss-reactive ketones (excluding diaryl/α,β-unsaturated/α-hetero) is 1. The first-order valence-corrected chi connectivity index (χ1v) is 13.1. The van der Waals surface area contributed by atoms with Gasteiger partial charge in [0, 0.05) is 18.7 Å². The Morgan fingerprint density at radius 1 is 1.24 bits per heavy atom. The molecule has 0 saturated carbocycles. The summed E-state index contributed by atoms with van der Waals surface area (Å²) < 4.78 is 51.2. The molecule has 0 aromatic carbocycles. The number of nitrogens with one attached hydrogen (secondary N) is 1. The Morgan fingerprint density at radius 3 is 2.36 bits per heavy atom. The maximum absolute atomic E-state index is 12.6. The Bertz CT molecular complexity index is 1150. The second-order valence-electron chi connectivity index (χ2n) is 6.62. The number of hydrogen-bond donors (Lipinski definition) is 7. The number of phosphoric acid groups is 3. The Morgan fingerprint density at radius 2 is 1.85 bits per heavy atom. The number of rotatable bonds is 10. The highest BCUT2D eigenvalue weighted by Gasteiger charge is 2.55. The van der Waals surface area contributed by atoms with E-state index in [1.54, 1.807) is 0 Å². The molecule has 21 heteroatoms. The van der Waals surface area contributed by atoms with Gasteiger partial charge in [-0.3, -0.25) is 23.7 Å². The molecule has 3 unspecified atom stereocenters. The first-order chi connectivity index (χ1) is 14.9. The van der Waals surface area contributed by atoms with Gasteiger partial charge >= 0.3 is 29.2 Å². The number of aromatic amines is 1. The molecule has 1 aliphatic heterocycles. The van der Waals surface area contributed by atoms with Crippen LogP contribution in [0.4, 0.5) is 0 Å². The highest BCUT2D eigenvalue weighted by molar-refractivity contribution is 7.66. The smallest absolute Gasteiger partial charge is 0.390 e. The highest BCUT2D eigenvalue weighted by atomic mass is 31.3. The fraction of sp³-hybridized carbons (Fsp3) is 0.583. The minimum Gasteiger partial charge on any atom is -0.390 e. The zero-order valence-corrected chi connectivity index (χ0v) is 19.0. The summed E-state index contributed by atoms with van der Waals surface area (Å²) in [5.41, 5.74) is -4.38. The van der Waals surface area contributed by atoms with Crippen LogP contribution in [-0.4, -0.2) is 70.0 Å². The summed E-state index contributed by atoms with van der Waals surface area (Å²) in [6.45, 7) is -0.103. The molecule has 2 heterocycles. The number of aliphatic hydroxyl groups excluding tert-OH is 2. The number of H-pyrrole nitrogens is 1. The molecule has 1 aliphatic rings. The third-order valence-corrected chi connectivity index (χ3v) is 7.86. The lowest BCUT2D eigenvalue weighted by atomic mass is 9.98. The van der Waals surface area contributed by atoms with E-state index in [2.05, 4.69) is 13.1 Å². The van der Waals surface area contributed by atoms with Crippen LogP contribution in [0, 0.1) is 0 Å². The standard InChI is InChI=1S/C12H19N2O16P3/c1-6(15)10(18)12(14-3-2-9(17)13-11(14)19)4-7(16)8(28-12)5-27-32(23,24)30-33(25,26)29-31(20,21)22/h2-3,6-8,15-16H,4-5H2,1H3,(H,23,24)(H,25,26)(H,13,17,19)(H2,20,21,22)/t6?,7-,8+,12-/m0/s1. The number of ketones is 1. The van der Waals surface area contributed by atoms with Crippen molar-refractivity contribution in [2.24, 2.45) is 0 Å². The molecule has 0 amide bonds. The van der Waals surface area contributed by atoms with Crippen molar-refractivity contribution in [2.75, 3.05) is 6.61 Å². The normalized spacial score (nSPS) is 28.1. The van der Waals surface area contributed by atoms with Crippen LogP contribution < -0.4 is 11.2 Å². The van der Waals surface area contributed by atoms with E-state index in [1.807, 2.05) is 4.98 Å². The predicted molar refractivity (Wildman–Crippen MR) is 101 cm³/mol. The fourth-order valence-corrected chi connectivity index (χ4v) is 5.90. The molecule has 33 heavy (non-hydrogen) atoms. The Hall–Kier alpha value is -1.36. The van der Waals surface area contributed by atoms with E-state index in [0.29, 0.717) is 4.57 Å². The summed E-state index contributed by atoms with van der Waals surface area (Å²) in [5, 5.41) is 20.0. The van der Waals surface area contributed by atoms with Gasteiger partial charge in [0.25, 0.3) is 5.56 Å². The van der Waals surface area contributed by atoms with Gasteiger partial charge in [0.05, 0.1) is 12.7 Å². The van der Waals surface area contributed by atoms with Crippen LogP contribution in [0.5, 0.6) is 0 Å². The molecule has 0 bridgehead atoms. The average molecular weight is 540 g/mol. The van der Waals surface area contributed by atoms with Gasteiger partial charge in [-0.05, 0) is 6.92 Å². The van der Waals surface area contributed by atoms with Gasteiger partial charge in [-0.1, -0.05) is 0 Å². The molecule has 18 nitrogen and oxygen atoms in total. The second kappa shape index (κ2) is 9.71. The summed E-state index contributed by atoms with van der Waals surface area (Å²) in [6, 6.07) is 0.841.